The van der Waals surface area contributed by atoms with E-state index in [0.29, 0.717) is 25.8 Å². The van der Waals surface area contributed by atoms with E-state index in [1.165, 1.54) is 4.90 Å². The van der Waals surface area contributed by atoms with Gasteiger partial charge in [0.2, 0.25) is 17.7 Å². The van der Waals surface area contributed by atoms with Crippen molar-refractivity contribution in [1.82, 2.24) is 20.9 Å². The molecular formula is C18H30N4O5. The maximum absolute atomic E-state index is 13.1. The van der Waals surface area contributed by atoms with E-state index < -0.39 is 30.5 Å². The van der Waals surface area contributed by atoms with Gasteiger partial charge in [0, 0.05) is 6.54 Å². The van der Waals surface area contributed by atoms with Crippen molar-refractivity contribution in [3.63, 3.8) is 0 Å². The Bertz CT molecular complexity index is 576. The topological polar surface area (TPSA) is 128 Å². The lowest BCUT2D eigenvalue weighted by Gasteiger charge is -2.31. The van der Waals surface area contributed by atoms with E-state index in [-0.39, 0.29) is 23.8 Å². The summed E-state index contributed by atoms with van der Waals surface area (Å²) in [6.45, 7) is 4.59. The fourth-order valence-electron chi connectivity index (χ4n) is 3.61. The van der Waals surface area contributed by atoms with E-state index in [0.717, 1.165) is 19.4 Å². The normalized spacial score (nSPS) is 24.3. The minimum absolute atomic E-state index is 0.0776. The number of amides is 3. The molecule has 152 valence electrons. The molecule has 0 saturated carbocycles. The van der Waals surface area contributed by atoms with E-state index >= 15 is 0 Å². The lowest BCUT2D eigenvalue weighted by molar-refractivity contribution is -0.143. The Morgan fingerprint density at radius 1 is 1.19 bits per heavy atom. The number of carboxylic acid groups (broad SMARTS) is 1. The molecular weight excluding hydrogens is 352 g/mol. The molecule has 2 aliphatic heterocycles. The summed E-state index contributed by atoms with van der Waals surface area (Å²) in [5.41, 5.74) is 0. The molecule has 0 bridgehead atoms. The van der Waals surface area contributed by atoms with Gasteiger partial charge in [-0.25, -0.2) is 0 Å². The first-order chi connectivity index (χ1) is 12.8. The Kier molecular flexibility index (Phi) is 7.58. The van der Waals surface area contributed by atoms with Crippen LogP contribution in [0.4, 0.5) is 0 Å². The molecule has 2 rings (SSSR count). The van der Waals surface area contributed by atoms with Gasteiger partial charge in [-0.05, 0) is 38.1 Å². The first-order valence-corrected chi connectivity index (χ1v) is 9.68. The molecule has 0 radical (unpaired) electrons. The molecule has 2 saturated heterocycles. The van der Waals surface area contributed by atoms with Gasteiger partial charge >= 0.3 is 5.97 Å². The van der Waals surface area contributed by atoms with Crippen molar-refractivity contribution in [3.05, 3.63) is 0 Å². The fraction of sp³-hybridized carbons (Fsp3) is 0.778. The first kappa shape index (κ1) is 21.1. The Morgan fingerprint density at radius 3 is 2.52 bits per heavy atom. The first-order valence-electron chi connectivity index (χ1n) is 9.68. The average molecular weight is 382 g/mol. The lowest BCUT2D eigenvalue weighted by atomic mass is 9.96. The number of rotatable bonds is 8. The summed E-state index contributed by atoms with van der Waals surface area (Å²) >= 11 is 0. The highest BCUT2D eigenvalue weighted by molar-refractivity contribution is 5.94. The van der Waals surface area contributed by atoms with Crippen molar-refractivity contribution in [2.75, 3.05) is 19.6 Å². The number of carboxylic acids is 1. The van der Waals surface area contributed by atoms with Gasteiger partial charge in [0.15, 0.2) is 0 Å². The number of likely N-dealkylation sites (tertiary alicyclic amines) is 1. The Hall–Kier alpha value is -2.16. The third-order valence-electron chi connectivity index (χ3n) is 5.41. The van der Waals surface area contributed by atoms with Crippen LogP contribution in [0.5, 0.6) is 0 Å². The molecule has 4 unspecified atom stereocenters. The van der Waals surface area contributed by atoms with Crippen LogP contribution in [0.15, 0.2) is 0 Å². The Balaban J connectivity index is 2.07. The van der Waals surface area contributed by atoms with Crippen LogP contribution in [0, 0.1) is 5.92 Å². The van der Waals surface area contributed by atoms with Crippen LogP contribution in [0.1, 0.15) is 46.0 Å². The maximum atomic E-state index is 13.1. The van der Waals surface area contributed by atoms with E-state index in [9.17, 15) is 19.2 Å². The van der Waals surface area contributed by atoms with Gasteiger partial charge in [0.1, 0.15) is 18.6 Å². The molecule has 4 atom stereocenters. The number of aliphatic carboxylic acids is 1. The smallest absolute Gasteiger partial charge is 0.322 e. The van der Waals surface area contributed by atoms with Crippen LogP contribution >= 0.6 is 0 Å². The highest BCUT2D eigenvalue weighted by Crippen LogP contribution is 2.21. The van der Waals surface area contributed by atoms with Crippen molar-refractivity contribution < 1.29 is 24.3 Å². The summed E-state index contributed by atoms with van der Waals surface area (Å²) in [6, 6.07) is -1.67. The summed E-state index contributed by atoms with van der Waals surface area (Å²) in [4.78, 5) is 50.1. The summed E-state index contributed by atoms with van der Waals surface area (Å²) in [5, 5.41) is 17.1. The van der Waals surface area contributed by atoms with Crippen LogP contribution in [0.25, 0.3) is 0 Å². The fourth-order valence-corrected chi connectivity index (χ4v) is 3.61. The highest BCUT2D eigenvalue weighted by Gasteiger charge is 2.39. The second-order valence-corrected chi connectivity index (χ2v) is 7.32. The summed E-state index contributed by atoms with van der Waals surface area (Å²) in [6.07, 6.45) is 3.54. The van der Waals surface area contributed by atoms with Crippen molar-refractivity contribution in [3.8, 4) is 0 Å². The number of nitrogens with one attached hydrogen (secondary N) is 3. The van der Waals surface area contributed by atoms with Crippen molar-refractivity contribution in [1.29, 1.82) is 0 Å². The molecule has 0 aliphatic carbocycles. The SMILES string of the molecule is CCC(C)C(NC(=O)C1CCCN1)C(=O)N1CCCC1C(=O)NCC(=O)O. The van der Waals surface area contributed by atoms with E-state index in [4.69, 9.17) is 5.11 Å². The molecule has 2 fully saturated rings. The van der Waals surface area contributed by atoms with Crippen LogP contribution in [-0.4, -0.2) is 71.5 Å². The number of hydrogen-bond donors (Lipinski definition) is 4. The van der Waals surface area contributed by atoms with Gasteiger partial charge in [-0.1, -0.05) is 20.3 Å². The number of hydrogen-bond acceptors (Lipinski definition) is 5. The maximum Gasteiger partial charge on any atom is 0.322 e. The molecule has 4 N–H and O–H groups in total. The minimum atomic E-state index is -1.13. The number of carbonyl (C=O) groups is 4. The zero-order chi connectivity index (χ0) is 20.0. The molecule has 9 heteroatoms. The molecule has 2 aliphatic rings. The zero-order valence-electron chi connectivity index (χ0n) is 16.0. The lowest BCUT2D eigenvalue weighted by Crippen LogP contribution is -2.57. The Morgan fingerprint density at radius 2 is 1.93 bits per heavy atom. The van der Waals surface area contributed by atoms with Crippen molar-refractivity contribution in [2.24, 2.45) is 5.92 Å². The van der Waals surface area contributed by atoms with Gasteiger partial charge in [0.25, 0.3) is 0 Å². The highest BCUT2D eigenvalue weighted by atomic mass is 16.4. The van der Waals surface area contributed by atoms with Crippen LogP contribution in [0.3, 0.4) is 0 Å². The van der Waals surface area contributed by atoms with Gasteiger partial charge in [0.05, 0.1) is 6.04 Å². The molecule has 0 aromatic heterocycles. The quantitative estimate of drug-likeness (QED) is 0.446. The van der Waals surface area contributed by atoms with Crippen LogP contribution in [0.2, 0.25) is 0 Å². The second kappa shape index (κ2) is 9.68. The number of carbonyl (C=O) groups excluding carboxylic acids is 3. The molecule has 2 heterocycles. The summed E-state index contributed by atoms with van der Waals surface area (Å²) < 4.78 is 0. The average Bonchev–Trinajstić information content (AvgIpc) is 3.34. The molecule has 0 spiro atoms. The molecule has 9 nitrogen and oxygen atoms in total. The van der Waals surface area contributed by atoms with Crippen LogP contribution in [-0.2, 0) is 19.2 Å². The van der Waals surface area contributed by atoms with E-state index in [1.54, 1.807) is 0 Å². The van der Waals surface area contributed by atoms with Gasteiger partial charge in [-0.15, -0.1) is 0 Å². The predicted octanol–water partition coefficient (Wildman–Crippen LogP) is -0.539. The molecule has 3 amide bonds. The van der Waals surface area contributed by atoms with Gasteiger partial charge in [-0.3, -0.25) is 19.2 Å². The second-order valence-electron chi connectivity index (χ2n) is 7.32. The van der Waals surface area contributed by atoms with E-state index in [1.807, 2.05) is 13.8 Å². The zero-order valence-corrected chi connectivity index (χ0v) is 16.0. The van der Waals surface area contributed by atoms with Gasteiger partial charge < -0.3 is 26.0 Å². The monoisotopic (exact) mass is 382 g/mol. The molecule has 27 heavy (non-hydrogen) atoms. The Labute approximate surface area is 159 Å². The van der Waals surface area contributed by atoms with Crippen molar-refractivity contribution in [2.45, 2.75) is 64.1 Å². The van der Waals surface area contributed by atoms with Crippen LogP contribution < -0.4 is 16.0 Å². The molecule has 0 aromatic carbocycles. The van der Waals surface area contributed by atoms with E-state index in [2.05, 4.69) is 16.0 Å². The third-order valence-corrected chi connectivity index (χ3v) is 5.41. The largest absolute Gasteiger partial charge is 0.480 e. The standard InChI is InChI=1S/C18H30N4O5/c1-3-11(2)15(21-16(25)12-6-4-8-19-12)18(27)22-9-5-7-13(22)17(26)20-10-14(23)24/h11-13,15,19H,3-10H2,1-2H3,(H,20,26)(H,21,25)(H,23,24). The summed E-state index contributed by atoms with van der Waals surface area (Å²) in [5.74, 6) is -2.13. The third kappa shape index (κ3) is 5.41. The minimum Gasteiger partial charge on any atom is -0.480 e. The summed E-state index contributed by atoms with van der Waals surface area (Å²) in [7, 11) is 0. The number of nitrogens with zero attached hydrogens (tertiary/aromatic N) is 1. The van der Waals surface area contributed by atoms with Gasteiger partial charge in [-0.2, -0.15) is 0 Å². The predicted molar refractivity (Wildman–Crippen MR) is 97.8 cm³/mol. The van der Waals surface area contributed by atoms with Crippen molar-refractivity contribution >= 4 is 23.7 Å². The molecule has 0 aromatic rings.